The van der Waals surface area contributed by atoms with E-state index in [-0.39, 0.29) is 5.78 Å². The summed E-state index contributed by atoms with van der Waals surface area (Å²) in [5.41, 5.74) is 1.44. The molecule has 0 unspecified atom stereocenters. The first-order chi connectivity index (χ1) is 6.70. The average Bonchev–Trinajstić information content (AvgIpc) is 2.60. The smallest absolute Gasteiger partial charge is 0.197 e. The number of ketones is 1. The molecule has 2 rings (SSSR count). The summed E-state index contributed by atoms with van der Waals surface area (Å²) in [6.45, 7) is 0. The highest BCUT2D eigenvalue weighted by Gasteiger charge is 2.17. The lowest BCUT2D eigenvalue weighted by Gasteiger charge is -1.97. The van der Waals surface area contributed by atoms with Gasteiger partial charge < -0.3 is 4.98 Å². The van der Waals surface area contributed by atoms with Crippen LogP contribution in [-0.4, -0.2) is 15.6 Å². The number of hydrogen-bond donors (Lipinski definition) is 1. The van der Waals surface area contributed by atoms with E-state index in [9.17, 15) is 4.79 Å². The lowest BCUT2D eigenvalue weighted by Crippen LogP contribution is -2.06. The Kier molecular flexibility index (Phi) is 2.48. The number of alkyl halides is 2. The number of para-hydroxylation sites is 1. The number of benzene rings is 1. The van der Waals surface area contributed by atoms with Crippen molar-refractivity contribution in [3.63, 3.8) is 0 Å². The van der Waals surface area contributed by atoms with E-state index < -0.39 is 4.84 Å². The molecule has 1 aromatic carbocycles. The van der Waals surface area contributed by atoms with Crippen LogP contribution in [0.4, 0.5) is 0 Å². The summed E-state index contributed by atoms with van der Waals surface area (Å²) in [7, 11) is 0. The molecule has 0 atom stereocenters. The molecule has 2 aromatic rings. The van der Waals surface area contributed by atoms with Crippen molar-refractivity contribution in [2.45, 2.75) is 4.84 Å². The average molecular weight is 228 g/mol. The second kappa shape index (κ2) is 3.64. The Balaban J connectivity index is 2.58. The van der Waals surface area contributed by atoms with Gasteiger partial charge in [-0.1, -0.05) is 41.4 Å². The molecule has 4 heteroatoms. The van der Waals surface area contributed by atoms with Gasteiger partial charge in [0.25, 0.3) is 0 Å². The molecule has 1 heterocycles. The third-order valence-electron chi connectivity index (χ3n) is 2.05. The van der Waals surface area contributed by atoms with Gasteiger partial charge in [-0.05, 0) is 6.07 Å². The van der Waals surface area contributed by atoms with Crippen LogP contribution in [0.2, 0.25) is 0 Å². The highest BCUT2D eigenvalue weighted by Crippen LogP contribution is 2.21. The third-order valence-corrected chi connectivity index (χ3v) is 2.45. The SMILES string of the molecule is O=C(c1c[nH]c2ccccc12)C(Cl)Cl. The predicted molar refractivity (Wildman–Crippen MR) is 58.1 cm³/mol. The second-order valence-electron chi connectivity index (χ2n) is 2.91. The van der Waals surface area contributed by atoms with E-state index in [4.69, 9.17) is 23.2 Å². The lowest BCUT2D eigenvalue weighted by molar-refractivity contribution is 0.101. The Morgan fingerprint density at radius 3 is 2.71 bits per heavy atom. The molecule has 0 aliphatic heterocycles. The molecular weight excluding hydrogens is 221 g/mol. The number of carbonyl (C=O) groups excluding carboxylic acids is 1. The van der Waals surface area contributed by atoms with Crippen molar-refractivity contribution in [3.05, 3.63) is 36.0 Å². The van der Waals surface area contributed by atoms with E-state index in [1.54, 1.807) is 6.20 Å². The van der Waals surface area contributed by atoms with Gasteiger partial charge in [-0.25, -0.2) is 0 Å². The number of rotatable bonds is 2. The molecule has 0 bridgehead atoms. The molecule has 0 aliphatic carbocycles. The molecule has 0 radical (unpaired) electrons. The van der Waals surface area contributed by atoms with Crippen LogP contribution in [0.3, 0.4) is 0 Å². The minimum absolute atomic E-state index is 0.272. The maximum absolute atomic E-state index is 11.5. The lowest BCUT2D eigenvalue weighted by atomic mass is 10.1. The van der Waals surface area contributed by atoms with Crippen molar-refractivity contribution < 1.29 is 4.79 Å². The van der Waals surface area contributed by atoms with Gasteiger partial charge in [0.15, 0.2) is 10.6 Å². The van der Waals surface area contributed by atoms with E-state index in [0.29, 0.717) is 5.56 Å². The summed E-state index contributed by atoms with van der Waals surface area (Å²) in [5, 5.41) is 0.851. The quantitative estimate of drug-likeness (QED) is 0.621. The van der Waals surface area contributed by atoms with Gasteiger partial charge in [0.1, 0.15) is 0 Å². The van der Waals surface area contributed by atoms with Crippen LogP contribution in [0.1, 0.15) is 10.4 Å². The van der Waals surface area contributed by atoms with Crippen molar-refractivity contribution >= 4 is 39.9 Å². The van der Waals surface area contributed by atoms with E-state index in [0.717, 1.165) is 10.9 Å². The number of H-pyrrole nitrogens is 1. The number of halogens is 2. The van der Waals surface area contributed by atoms with Gasteiger partial charge in [-0.2, -0.15) is 0 Å². The minimum atomic E-state index is -1.01. The Morgan fingerprint density at radius 1 is 1.29 bits per heavy atom. The van der Waals surface area contributed by atoms with Crippen molar-refractivity contribution in [1.29, 1.82) is 0 Å². The molecular formula is C10H7Cl2NO. The van der Waals surface area contributed by atoms with Crippen molar-refractivity contribution in [1.82, 2.24) is 4.98 Å². The number of aromatic nitrogens is 1. The van der Waals surface area contributed by atoms with Crippen LogP contribution < -0.4 is 0 Å². The number of Topliss-reactive ketones (excluding diaryl/α,β-unsaturated/α-hetero) is 1. The zero-order valence-electron chi connectivity index (χ0n) is 7.13. The normalized spacial score (nSPS) is 11.1. The van der Waals surface area contributed by atoms with Gasteiger partial charge >= 0.3 is 0 Å². The number of aromatic amines is 1. The van der Waals surface area contributed by atoms with Gasteiger partial charge in [0.2, 0.25) is 0 Å². The van der Waals surface area contributed by atoms with E-state index in [1.807, 2.05) is 24.3 Å². The molecule has 0 spiro atoms. The fourth-order valence-corrected chi connectivity index (χ4v) is 1.63. The summed E-state index contributed by atoms with van der Waals surface area (Å²) in [5.74, 6) is -0.272. The van der Waals surface area contributed by atoms with Gasteiger partial charge in [-0.15, -0.1) is 0 Å². The molecule has 14 heavy (non-hydrogen) atoms. The molecule has 0 aliphatic rings. The largest absolute Gasteiger partial charge is 0.360 e. The number of hydrogen-bond acceptors (Lipinski definition) is 1. The van der Waals surface area contributed by atoms with Gasteiger partial charge in [0, 0.05) is 22.7 Å². The summed E-state index contributed by atoms with van der Waals surface area (Å²) in [4.78, 5) is 13.5. The third kappa shape index (κ3) is 1.51. The van der Waals surface area contributed by atoms with E-state index >= 15 is 0 Å². The molecule has 0 saturated heterocycles. The van der Waals surface area contributed by atoms with Crippen LogP contribution in [0.25, 0.3) is 10.9 Å². The monoisotopic (exact) mass is 227 g/mol. The van der Waals surface area contributed by atoms with Crippen LogP contribution in [-0.2, 0) is 0 Å². The summed E-state index contributed by atoms with van der Waals surface area (Å²) >= 11 is 11.0. The van der Waals surface area contributed by atoms with E-state index in [1.165, 1.54) is 0 Å². The number of carbonyl (C=O) groups is 1. The summed E-state index contributed by atoms with van der Waals surface area (Å²) in [6, 6.07) is 7.51. The van der Waals surface area contributed by atoms with Crippen molar-refractivity contribution in [2.75, 3.05) is 0 Å². The highest BCUT2D eigenvalue weighted by atomic mass is 35.5. The van der Waals surface area contributed by atoms with E-state index in [2.05, 4.69) is 4.98 Å². The van der Waals surface area contributed by atoms with Crippen LogP contribution in [0.15, 0.2) is 30.5 Å². The summed E-state index contributed by atoms with van der Waals surface area (Å²) < 4.78 is 0. The van der Waals surface area contributed by atoms with Gasteiger partial charge in [0.05, 0.1) is 0 Å². The zero-order chi connectivity index (χ0) is 10.1. The first kappa shape index (κ1) is 9.56. The Bertz CT molecular complexity index is 476. The van der Waals surface area contributed by atoms with Crippen LogP contribution >= 0.6 is 23.2 Å². The topological polar surface area (TPSA) is 32.9 Å². The maximum Gasteiger partial charge on any atom is 0.197 e. The highest BCUT2D eigenvalue weighted by molar-refractivity contribution is 6.55. The Morgan fingerprint density at radius 2 is 2.00 bits per heavy atom. The number of fused-ring (bicyclic) bond motifs is 1. The maximum atomic E-state index is 11.5. The zero-order valence-corrected chi connectivity index (χ0v) is 8.64. The Hall–Kier alpha value is -0.990. The van der Waals surface area contributed by atoms with Crippen LogP contribution in [0, 0.1) is 0 Å². The first-order valence-electron chi connectivity index (χ1n) is 4.08. The summed E-state index contributed by atoms with van der Waals surface area (Å²) in [6.07, 6.45) is 1.63. The molecule has 0 fully saturated rings. The first-order valence-corrected chi connectivity index (χ1v) is 4.96. The molecule has 2 nitrogen and oxygen atoms in total. The standard InChI is InChI=1S/C10H7Cl2NO/c11-10(12)9(14)7-5-13-8-4-2-1-3-6(7)8/h1-5,10,13H. The molecule has 0 amide bonds. The fourth-order valence-electron chi connectivity index (χ4n) is 1.39. The Labute approximate surface area is 90.8 Å². The van der Waals surface area contributed by atoms with Crippen molar-refractivity contribution in [2.24, 2.45) is 0 Å². The van der Waals surface area contributed by atoms with Crippen molar-refractivity contribution in [3.8, 4) is 0 Å². The number of nitrogens with one attached hydrogen (secondary N) is 1. The molecule has 1 aromatic heterocycles. The second-order valence-corrected chi connectivity index (χ2v) is 4.01. The molecule has 1 N–H and O–H groups in total. The molecule has 0 saturated carbocycles. The molecule has 72 valence electrons. The predicted octanol–water partition coefficient (Wildman–Crippen LogP) is 3.15. The fraction of sp³-hybridized carbons (Fsp3) is 0.100. The minimum Gasteiger partial charge on any atom is -0.360 e. The van der Waals surface area contributed by atoms with Gasteiger partial charge in [-0.3, -0.25) is 4.79 Å². The van der Waals surface area contributed by atoms with Crippen LogP contribution in [0.5, 0.6) is 0 Å².